The van der Waals surface area contributed by atoms with Gasteiger partial charge in [0.1, 0.15) is 16.5 Å². The number of ether oxygens (including phenoxy) is 1. The Morgan fingerprint density at radius 2 is 2.04 bits per heavy atom. The number of nitrogens with one attached hydrogen (secondary N) is 2. The molecule has 0 aliphatic carbocycles. The minimum Gasteiger partial charge on any atom is -0.467 e. The zero-order valence-electron chi connectivity index (χ0n) is 15.4. The number of morpholine rings is 1. The molecular weight excluding hydrogens is 389 g/mol. The normalized spacial score (nSPS) is 16.5. The van der Waals surface area contributed by atoms with Crippen LogP contribution in [0.15, 0.2) is 45.9 Å². The van der Waals surface area contributed by atoms with E-state index in [0.29, 0.717) is 11.4 Å². The van der Waals surface area contributed by atoms with Crippen LogP contribution in [0, 0.1) is 5.82 Å². The molecule has 0 saturated carbocycles. The first-order chi connectivity index (χ1) is 13.4. The van der Waals surface area contributed by atoms with E-state index in [1.54, 1.807) is 19.1 Å². The lowest BCUT2D eigenvalue weighted by atomic mass is 10.2. The van der Waals surface area contributed by atoms with Crippen LogP contribution in [0.5, 0.6) is 0 Å². The molecule has 2 N–H and O–H groups in total. The average molecular weight is 411 g/mol. The molecule has 2 heterocycles. The van der Waals surface area contributed by atoms with Crippen molar-refractivity contribution in [3.8, 4) is 0 Å². The van der Waals surface area contributed by atoms with Gasteiger partial charge in [-0.05, 0) is 37.3 Å². The van der Waals surface area contributed by atoms with E-state index in [1.165, 1.54) is 22.7 Å². The summed E-state index contributed by atoms with van der Waals surface area (Å²) >= 11 is 0. The maximum atomic E-state index is 14.2. The van der Waals surface area contributed by atoms with E-state index in [1.807, 2.05) is 0 Å². The number of anilines is 1. The van der Waals surface area contributed by atoms with Crippen LogP contribution >= 0.6 is 0 Å². The number of hydrogen-bond acceptors (Lipinski definition) is 6. The molecule has 1 aliphatic heterocycles. The van der Waals surface area contributed by atoms with Crippen molar-refractivity contribution in [3.63, 3.8) is 0 Å². The molecule has 1 fully saturated rings. The van der Waals surface area contributed by atoms with Crippen molar-refractivity contribution in [2.24, 2.45) is 0 Å². The van der Waals surface area contributed by atoms with Crippen molar-refractivity contribution >= 4 is 21.6 Å². The number of rotatable bonds is 7. The number of carbonyl (C=O) groups excluding carboxylic acids is 1. The summed E-state index contributed by atoms with van der Waals surface area (Å²) in [6.07, 6.45) is 1.52. The Labute approximate surface area is 162 Å². The summed E-state index contributed by atoms with van der Waals surface area (Å²) in [5, 5.41) is 5.57. The molecule has 3 rings (SSSR count). The second kappa shape index (κ2) is 8.72. The number of carbonyl (C=O) groups is 1. The maximum absolute atomic E-state index is 14.2. The highest BCUT2D eigenvalue weighted by Crippen LogP contribution is 2.23. The highest BCUT2D eigenvalue weighted by atomic mass is 32.2. The molecule has 1 aromatic carbocycles. The molecule has 152 valence electrons. The fourth-order valence-electron chi connectivity index (χ4n) is 2.82. The van der Waals surface area contributed by atoms with E-state index >= 15 is 0 Å². The SMILES string of the molecule is CC(NC(=O)CNc1ccc(F)c(S(=O)(=O)N2CCOCC2)c1)c1ccco1. The van der Waals surface area contributed by atoms with Gasteiger partial charge in [0.2, 0.25) is 15.9 Å². The number of amides is 1. The van der Waals surface area contributed by atoms with Gasteiger partial charge < -0.3 is 19.8 Å². The minimum atomic E-state index is -3.98. The highest BCUT2D eigenvalue weighted by Gasteiger charge is 2.29. The second-order valence-electron chi connectivity index (χ2n) is 6.32. The first-order valence-electron chi connectivity index (χ1n) is 8.82. The minimum absolute atomic E-state index is 0.103. The van der Waals surface area contributed by atoms with Gasteiger partial charge in [-0.2, -0.15) is 4.31 Å². The van der Waals surface area contributed by atoms with Crippen LogP contribution in [-0.4, -0.2) is 51.5 Å². The van der Waals surface area contributed by atoms with Crippen molar-refractivity contribution in [2.75, 3.05) is 38.2 Å². The summed E-state index contributed by atoms with van der Waals surface area (Å²) < 4.78 is 51.1. The van der Waals surface area contributed by atoms with Gasteiger partial charge in [-0.15, -0.1) is 0 Å². The van der Waals surface area contributed by atoms with E-state index in [2.05, 4.69) is 10.6 Å². The Hall–Kier alpha value is -2.43. The van der Waals surface area contributed by atoms with Gasteiger partial charge in [0.25, 0.3) is 0 Å². The third-order valence-electron chi connectivity index (χ3n) is 4.32. The summed E-state index contributed by atoms with van der Waals surface area (Å²) in [5.74, 6) is -0.534. The Kier molecular flexibility index (Phi) is 6.32. The lowest BCUT2D eigenvalue weighted by Gasteiger charge is -2.26. The van der Waals surface area contributed by atoms with Crippen molar-refractivity contribution in [1.29, 1.82) is 0 Å². The summed E-state index contributed by atoms with van der Waals surface area (Å²) in [6, 6.07) is 6.82. The molecule has 1 atom stereocenters. The number of halogens is 1. The molecule has 0 spiro atoms. The predicted octanol–water partition coefficient (Wildman–Crippen LogP) is 1.73. The number of hydrogen-bond donors (Lipinski definition) is 2. The molecule has 2 aromatic rings. The Balaban J connectivity index is 1.65. The van der Waals surface area contributed by atoms with Crippen LogP contribution in [0.1, 0.15) is 18.7 Å². The second-order valence-corrected chi connectivity index (χ2v) is 8.23. The largest absolute Gasteiger partial charge is 0.467 e. The molecule has 0 bridgehead atoms. The van der Waals surface area contributed by atoms with E-state index in [-0.39, 0.29) is 44.8 Å². The highest BCUT2D eigenvalue weighted by molar-refractivity contribution is 7.89. The van der Waals surface area contributed by atoms with Crippen molar-refractivity contribution < 1.29 is 26.8 Å². The molecular formula is C18H22FN3O5S. The standard InChI is InChI=1S/C18H22FN3O5S/c1-13(16-3-2-8-27-16)21-18(23)12-20-14-4-5-15(19)17(11-14)28(24,25)22-6-9-26-10-7-22/h2-5,8,11,13,20H,6-7,9-10,12H2,1H3,(H,21,23). The maximum Gasteiger partial charge on any atom is 0.246 e. The van der Waals surface area contributed by atoms with Crippen LogP contribution in [-0.2, 0) is 19.6 Å². The Morgan fingerprint density at radius 1 is 1.29 bits per heavy atom. The third-order valence-corrected chi connectivity index (χ3v) is 6.23. The van der Waals surface area contributed by atoms with Crippen LogP contribution < -0.4 is 10.6 Å². The van der Waals surface area contributed by atoms with E-state index in [0.717, 1.165) is 6.07 Å². The topological polar surface area (TPSA) is 101 Å². The number of sulfonamides is 1. The van der Waals surface area contributed by atoms with E-state index in [4.69, 9.17) is 9.15 Å². The summed E-state index contributed by atoms with van der Waals surface area (Å²) in [4.78, 5) is 11.7. The lowest BCUT2D eigenvalue weighted by Crippen LogP contribution is -2.40. The fraction of sp³-hybridized carbons (Fsp3) is 0.389. The predicted molar refractivity (Wildman–Crippen MR) is 99.7 cm³/mol. The molecule has 1 aliphatic rings. The molecule has 28 heavy (non-hydrogen) atoms. The van der Waals surface area contributed by atoms with Crippen LogP contribution in [0.25, 0.3) is 0 Å². The van der Waals surface area contributed by atoms with Crippen molar-refractivity contribution in [2.45, 2.75) is 17.9 Å². The number of nitrogens with zero attached hydrogens (tertiary/aromatic N) is 1. The molecule has 1 saturated heterocycles. The quantitative estimate of drug-likeness (QED) is 0.720. The summed E-state index contributed by atoms with van der Waals surface area (Å²) in [5.41, 5.74) is 0.328. The lowest BCUT2D eigenvalue weighted by molar-refractivity contribution is -0.120. The molecule has 0 radical (unpaired) electrons. The van der Waals surface area contributed by atoms with Gasteiger partial charge in [0.15, 0.2) is 0 Å². The molecule has 1 unspecified atom stereocenters. The van der Waals surface area contributed by atoms with Crippen LogP contribution in [0.3, 0.4) is 0 Å². The number of furan rings is 1. The average Bonchev–Trinajstić information content (AvgIpc) is 3.23. The van der Waals surface area contributed by atoms with E-state index in [9.17, 15) is 17.6 Å². The smallest absolute Gasteiger partial charge is 0.246 e. The third kappa shape index (κ3) is 4.70. The first kappa shape index (κ1) is 20.3. The monoisotopic (exact) mass is 411 g/mol. The Bertz CT molecular complexity index is 911. The van der Waals surface area contributed by atoms with Crippen molar-refractivity contribution in [3.05, 3.63) is 48.2 Å². The van der Waals surface area contributed by atoms with Gasteiger partial charge in [0, 0.05) is 18.8 Å². The fourth-order valence-corrected chi connectivity index (χ4v) is 4.32. The number of benzene rings is 1. The zero-order chi connectivity index (χ0) is 20.1. The molecule has 10 heteroatoms. The van der Waals surface area contributed by atoms with Gasteiger partial charge in [0.05, 0.1) is 32.1 Å². The zero-order valence-corrected chi connectivity index (χ0v) is 16.2. The van der Waals surface area contributed by atoms with Crippen molar-refractivity contribution in [1.82, 2.24) is 9.62 Å². The van der Waals surface area contributed by atoms with Crippen LogP contribution in [0.2, 0.25) is 0 Å². The summed E-state index contributed by atoms with van der Waals surface area (Å²) in [6.45, 7) is 2.56. The Morgan fingerprint density at radius 3 is 2.71 bits per heavy atom. The van der Waals surface area contributed by atoms with Gasteiger partial charge in [-0.3, -0.25) is 4.79 Å². The molecule has 1 aromatic heterocycles. The van der Waals surface area contributed by atoms with Gasteiger partial charge >= 0.3 is 0 Å². The van der Waals surface area contributed by atoms with Crippen LogP contribution in [0.4, 0.5) is 10.1 Å². The van der Waals surface area contributed by atoms with E-state index < -0.39 is 20.7 Å². The molecule has 1 amide bonds. The first-order valence-corrected chi connectivity index (χ1v) is 10.3. The van der Waals surface area contributed by atoms with Gasteiger partial charge in [-0.25, -0.2) is 12.8 Å². The molecule has 8 nitrogen and oxygen atoms in total. The summed E-state index contributed by atoms with van der Waals surface area (Å²) in [7, 11) is -3.98. The van der Waals surface area contributed by atoms with Gasteiger partial charge in [-0.1, -0.05) is 0 Å².